The number of hydrogen-bond donors (Lipinski definition) is 2. The molecular weight excluding hydrogens is 290 g/mol. The number of nitrogens with one attached hydrogen (secondary N) is 1. The van der Waals surface area contributed by atoms with Crippen molar-refractivity contribution in [1.82, 2.24) is 10.2 Å². The van der Waals surface area contributed by atoms with Crippen molar-refractivity contribution in [3.63, 3.8) is 0 Å². The van der Waals surface area contributed by atoms with Gasteiger partial charge in [0, 0.05) is 19.5 Å². The largest absolute Gasteiger partial charge is 0.393 e. The predicted octanol–water partition coefficient (Wildman–Crippen LogP) is 2.83. The first-order valence-corrected chi connectivity index (χ1v) is 7.53. The Bertz CT molecular complexity index is 539. The summed E-state index contributed by atoms with van der Waals surface area (Å²) in [5.74, 6) is -1.73. The van der Waals surface area contributed by atoms with Crippen molar-refractivity contribution in [2.24, 2.45) is 5.92 Å². The summed E-state index contributed by atoms with van der Waals surface area (Å²) in [7, 11) is 1.67. The standard InChI is InChI=1S/C16H22F2N2O2/c1-10(11-6-7-13(17)14(18)8-11)19-16(22)20(2)9-12-4-3-5-15(12)21/h6-8,10,12,15,21H,3-5,9H2,1-2H3,(H,19,22). The molecule has 1 fully saturated rings. The minimum absolute atomic E-state index is 0.106. The lowest BCUT2D eigenvalue weighted by molar-refractivity contribution is 0.113. The normalized spacial score (nSPS) is 22.4. The molecule has 3 unspecified atom stereocenters. The van der Waals surface area contributed by atoms with Crippen LogP contribution in [0.5, 0.6) is 0 Å². The molecule has 1 saturated carbocycles. The second-order valence-electron chi connectivity index (χ2n) is 5.98. The first kappa shape index (κ1) is 16.7. The van der Waals surface area contributed by atoms with Crippen LogP contribution in [0.4, 0.5) is 13.6 Å². The number of rotatable bonds is 4. The summed E-state index contributed by atoms with van der Waals surface area (Å²) in [6, 6.07) is 2.85. The summed E-state index contributed by atoms with van der Waals surface area (Å²) in [4.78, 5) is 13.7. The molecular formula is C16H22F2N2O2. The van der Waals surface area contributed by atoms with Crippen molar-refractivity contribution in [2.75, 3.05) is 13.6 Å². The molecule has 3 atom stereocenters. The second kappa shape index (κ2) is 7.05. The van der Waals surface area contributed by atoms with Gasteiger partial charge in [-0.05, 0) is 37.5 Å². The number of carbonyl (C=O) groups is 1. The maximum Gasteiger partial charge on any atom is 0.317 e. The molecule has 1 aromatic carbocycles. The lowest BCUT2D eigenvalue weighted by Gasteiger charge is -2.25. The molecule has 1 aromatic rings. The number of nitrogens with zero attached hydrogens (tertiary/aromatic N) is 1. The minimum atomic E-state index is -0.930. The Kier molecular flexibility index (Phi) is 5.34. The van der Waals surface area contributed by atoms with Crippen molar-refractivity contribution in [1.29, 1.82) is 0 Å². The van der Waals surface area contributed by atoms with Gasteiger partial charge in [-0.2, -0.15) is 0 Å². The van der Waals surface area contributed by atoms with E-state index in [1.165, 1.54) is 11.0 Å². The van der Waals surface area contributed by atoms with Crippen LogP contribution in [0.1, 0.15) is 37.8 Å². The van der Waals surface area contributed by atoms with E-state index in [1.807, 2.05) is 0 Å². The first-order chi connectivity index (χ1) is 10.4. The highest BCUT2D eigenvalue weighted by Crippen LogP contribution is 2.26. The van der Waals surface area contributed by atoms with Crippen molar-refractivity contribution in [3.8, 4) is 0 Å². The fraction of sp³-hybridized carbons (Fsp3) is 0.562. The van der Waals surface area contributed by atoms with E-state index in [-0.39, 0.29) is 18.1 Å². The lowest BCUT2D eigenvalue weighted by atomic mass is 10.1. The third-order valence-corrected chi connectivity index (χ3v) is 4.26. The molecule has 2 rings (SSSR count). The Morgan fingerprint density at radius 3 is 2.73 bits per heavy atom. The van der Waals surface area contributed by atoms with E-state index in [2.05, 4.69) is 5.32 Å². The predicted molar refractivity (Wildman–Crippen MR) is 79.3 cm³/mol. The molecule has 122 valence electrons. The number of urea groups is 1. The molecule has 0 spiro atoms. The van der Waals surface area contributed by atoms with Gasteiger partial charge in [-0.1, -0.05) is 12.5 Å². The Hall–Kier alpha value is -1.69. The molecule has 0 aliphatic heterocycles. The maximum atomic E-state index is 13.2. The van der Waals surface area contributed by atoms with Gasteiger partial charge in [-0.15, -0.1) is 0 Å². The maximum absolute atomic E-state index is 13.2. The third kappa shape index (κ3) is 3.94. The Labute approximate surface area is 129 Å². The molecule has 4 nitrogen and oxygen atoms in total. The van der Waals surface area contributed by atoms with Gasteiger partial charge in [0.25, 0.3) is 0 Å². The van der Waals surface area contributed by atoms with E-state index in [0.717, 1.165) is 31.4 Å². The molecule has 0 radical (unpaired) electrons. The summed E-state index contributed by atoms with van der Waals surface area (Å²) >= 11 is 0. The van der Waals surface area contributed by atoms with Gasteiger partial charge < -0.3 is 15.3 Å². The summed E-state index contributed by atoms with van der Waals surface area (Å²) in [5, 5.41) is 12.5. The second-order valence-corrected chi connectivity index (χ2v) is 5.98. The average molecular weight is 312 g/mol. The topological polar surface area (TPSA) is 52.6 Å². The van der Waals surface area contributed by atoms with Gasteiger partial charge in [-0.3, -0.25) is 0 Å². The Morgan fingerprint density at radius 2 is 2.14 bits per heavy atom. The average Bonchev–Trinajstić information content (AvgIpc) is 2.87. The molecule has 1 aliphatic carbocycles. The number of amides is 2. The van der Waals surface area contributed by atoms with Crippen LogP contribution in [0.2, 0.25) is 0 Å². The highest BCUT2D eigenvalue weighted by Gasteiger charge is 2.27. The van der Waals surface area contributed by atoms with Crippen LogP contribution in [0.25, 0.3) is 0 Å². The zero-order valence-electron chi connectivity index (χ0n) is 12.9. The SMILES string of the molecule is CC(NC(=O)N(C)CC1CCCC1O)c1ccc(F)c(F)c1. The summed E-state index contributed by atoms with van der Waals surface area (Å²) in [6.45, 7) is 2.19. The molecule has 1 aliphatic rings. The molecule has 0 saturated heterocycles. The summed E-state index contributed by atoms with van der Waals surface area (Å²) < 4.78 is 26.1. The summed E-state index contributed by atoms with van der Waals surface area (Å²) in [6.07, 6.45) is 2.33. The van der Waals surface area contributed by atoms with Gasteiger partial charge in [0.1, 0.15) is 0 Å². The minimum Gasteiger partial charge on any atom is -0.393 e. The van der Waals surface area contributed by atoms with Gasteiger partial charge in [0.15, 0.2) is 11.6 Å². The van der Waals surface area contributed by atoms with Crippen LogP contribution in [-0.4, -0.2) is 35.7 Å². The highest BCUT2D eigenvalue weighted by molar-refractivity contribution is 5.74. The van der Waals surface area contributed by atoms with E-state index >= 15 is 0 Å². The number of halogens is 2. The number of benzene rings is 1. The molecule has 6 heteroatoms. The fourth-order valence-electron chi connectivity index (χ4n) is 2.83. The Balaban J connectivity index is 1.91. The van der Waals surface area contributed by atoms with E-state index in [1.54, 1.807) is 14.0 Å². The quantitative estimate of drug-likeness (QED) is 0.898. The van der Waals surface area contributed by atoms with Crippen LogP contribution < -0.4 is 5.32 Å². The van der Waals surface area contributed by atoms with Crippen molar-refractivity contribution in [2.45, 2.75) is 38.3 Å². The number of aliphatic hydroxyl groups is 1. The van der Waals surface area contributed by atoms with Crippen molar-refractivity contribution >= 4 is 6.03 Å². The smallest absolute Gasteiger partial charge is 0.317 e. The third-order valence-electron chi connectivity index (χ3n) is 4.26. The van der Waals surface area contributed by atoms with E-state index in [9.17, 15) is 18.7 Å². The molecule has 2 amide bonds. The van der Waals surface area contributed by atoms with Crippen LogP contribution in [-0.2, 0) is 0 Å². The number of carbonyl (C=O) groups excluding carboxylic acids is 1. The van der Waals surface area contributed by atoms with E-state index in [4.69, 9.17) is 0 Å². The lowest BCUT2D eigenvalue weighted by Crippen LogP contribution is -2.42. The van der Waals surface area contributed by atoms with Crippen LogP contribution >= 0.6 is 0 Å². The molecule has 2 N–H and O–H groups in total. The molecule has 0 aromatic heterocycles. The number of aliphatic hydroxyl groups excluding tert-OH is 1. The number of hydrogen-bond acceptors (Lipinski definition) is 2. The molecule has 0 heterocycles. The molecule has 22 heavy (non-hydrogen) atoms. The highest BCUT2D eigenvalue weighted by atomic mass is 19.2. The van der Waals surface area contributed by atoms with Crippen LogP contribution in [0, 0.1) is 17.6 Å². The van der Waals surface area contributed by atoms with Gasteiger partial charge in [-0.25, -0.2) is 13.6 Å². The van der Waals surface area contributed by atoms with E-state index in [0.29, 0.717) is 12.1 Å². The zero-order chi connectivity index (χ0) is 16.3. The molecule has 0 bridgehead atoms. The fourth-order valence-corrected chi connectivity index (χ4v) is 2.83. The van der Waals surface area contributed by atoms with Crippen molar-refractivity contribution in [3.05, 3.63) is 35.4 Å². The van der Waals surface area contributed by atoms with Crippen LogP contribution in [0.3, 0.4) is 0 Å². The van der Waals surface area contributed by atoms with E-state index < -0.39 is 17.7 Å². The van der Waals surface area contributed by atoms with Crippen LogP contribution in [0.15, 0.2) is 18.2 Å². The first-order valence-electron chi connectivity index (χ1n) is 7.53. The summed E-state index contributed by atoms with van der Waals surface area (Å²) in [5.41, 5.74) is 0.501. The van der Waals surface area contributed by atoms with Gasteiger partial charge in [0.2, 0.25) is 0 Å². The Morgan fingerprint density at radius 1 is 1.41 bits per heavy atom. The monoisotopic (exact) mass is 312 g/mol. The van der Waals surface area contributed by atoms with Gasteiger partial charge >= 0.3 is 6.03 Å². The zero-order valence-corrected chi connectivity index (χ0v) is 12.9. The van der Waals surface area contributed by atoms with Crippen molar-refractivity contribution < 1.29 is 18.7 Å². The van der Waals surface area contributed by atoms with Gasteiger partial charge in [0.05, 0.1) is 12.1 Å².